The summed E-state index contributed by atoms with van der Waals surface area (Å²) in [5, 5.41) is 1.92. The van der Waals surface area contributed by atoms with Crippen LogP contribution in [0.1, 0.15) is 29.6 Å². The van der Waals surface area contributed by atoms with E-state index < -0.39 is 0 Å². The van der Waals surface area contributed by atoms with Crippen molar-refractivity contribution < 1.29 is 9.63 Å². The highest BCUT2D eigenvalue weighted by molar-refractivity contribution is 5.75. The van der Waals surface area contributed by atoms with Crippen molar-refractivity contribution in [2.45, 2.75) is 19.3 Å². The molecular weight excluding hydrogens is 190 g/mol. The maximum Gasteiger partial charge on any atom is 0.150 e. The smallest absolute Gasteiger partial charge is 0.150 e. The quantitative estimate of drug-likeness (QED) is 0.694. The molecule has 0 aliphatic carbocycles. The van der Waals surface area contributed by atoms with Crippen molar-refractivity contribution >= 4 is 12.0 Å². The minimum atomic E-state index is 0.702. The van der Waals surface area contributed by atoms with E-state index in [1.165, 1.54) is 6.42 Å². The average Bonchev–Trinajstić information content (AvgIpc) is 2.58. The highest BCUT2D eigenvalue weighted by Gasteiger charge is 2.10. The van der Waals surface area contributed by atoms with Gasteiger partial charge in [-0.2, -0.15) is 0 Å². The Kier molecular flexibility index (Phi) is 3.35. The van der Waals surface area contributed by atoms with Crippen molar-refractivity contribution in [3.63, 3.8) is 0 Å². The van der Waals surface area contributed by atoms with Crippen LogP contribution in [0, 0.1) is 0 Å². The number of nitrogens with zero attached hydrogens (tertiary/aromatic N) is 1. The SMILES string of the molecule is O=Cc1ccc(N2CCCCCO2)cc1. The van der Waals surface area contributed by atoms with Crippen LogP contribution in [-0.4, -0.2) is 19.4 Å². The molecule has 1 fully saturated rings. The van der Waals surface area contributed by atoms with Crippen molar-refractivity contribution in [1.29, 1.82) is 0 Å². The van der Waals surface area contributed by atoms with E-state index in [1.54, 1.807) is 0 Å². The van der Waals surface area contributed by atoms with Crippen molar-refractivity contribution in [1.82, 2.24) is 0 Å². The number of aldehydes is 1. The van der Waals surface area contributed by atoms with Crippen molar-refractivity contribution in [2.24, 2.45) is 0 Å². The summed E-state index contributed by atoms with van der Waals surface area (Å²) < 4.78 is 0. The second-order valence-electron chi connectivity index (χ2n) is 3.71. The van der Waals surface area contributed by atoms with Gasteiger partial charge in [0.25, 0.3) is 0 Å². The van der Waals surface area contributed by atoms with Crippen LogP contribution >= 0.6 is 0 Å². The van der Waals surface area contributed by atoms with Gasteiger partial charge in [0.05, 0.1) is 12.3 Å². The molecule has 1 aromatic carbocycles. The molecule has 0 bridgehead atoms. The zero-order chi connectivity index (χ0) is 10.5. The van der Waals surface area contributed by atoms with Crippen LogP contribution in [-0.2, 0) is 4.84 Å². The van der Waals surface area contributed by atoms with Gasteiger partial charge in [-0.05, 0) is 43.5 Å². The van der Waals surface area contributed by atoms with E-state index in [1.807, 2.05) is 29.3 Å². The number of rotatable bonds is 2. The number of carbonyl (C=O) groups excluding carboxylic acids is 1. The predicted octanol–water partition coefficient (Wildman–Crippen LogP) is 2.42. The van der Waals surface area contributed by atoms with Crippen molar-refractivity contribution in [2.75, 3.05) is 18.2 Å². The summed E-state index contributed by atoms with van der Waals surface area (Å²) in [5.74, 6) is 0. The molecule has 1 saturated heterocycles. The van der Waals surface area contributed by atoms with Gasteiger partial charge in [-0.15, -0.1) is 0 Å². The Balaban J connectivity index is 2.09. The van der Waals surface area contributed by atoms with Crippen LogP contribution < -0.4 is 5.06 Å². The number of anilines is 1. The van der Waals surface area contributed by atoms with Gasteiger partial charge in [0.1, 0.15) is 6.29 Å². The monoisotopic (exact) mass is 205 g/mol. The molecule has 1 heterocycles. The van der Waals surface area contributed by atoms with Gasteiger partial charge in [0, 0.05) is 12.1 Å². The highest BCUT2D eigenvalue weighted by Crippen LogP contribution is 2.18. The van der Waals surface area contributed by atoms with E-state index in [4.69, 9.17) is 4.84 Å². The molecule has 0 atom stereocenters. The molecule has 1 aromatic rings. The van der Waals surface area contributed by atoms with E-state index in [2.05, 4.69) is 0 Å². The summed E-state index contributed by atoms with van der Waals surface area (Å²) >= 11 is 0. The molecule has 1 aliphatic heterocycles. The molecule has 0 radical (unpaired) electrons. The minimum Gasteiger partial charge on any atom is -0.298 e. The summed E-state index contributed by atoms with van der Waals surface area (Å²) in [6.45, 7) is 1.72. The Morgan fingerprint density at radius 3 is 2.67 bits per heavy atom. The molecule has 15 heavy (non-hydrogen) atoms. The lowest BCUT2D eigenvalue weighted by Gasteiger charge is -2.21. The third-order valence-corrected chi connectivity index (χ3v) is 2.57. The molecule has 0 spiro atoms. The molecular formula is C12H15NO2. The van der Waals surface area contributed by atoms with E-state index in [9.17, 15) is 4.79 Å². The van der Waals surface area contributed by atoms with E-state index in [-0.39, 0.29) is 0 Å². The summed E-state index contributed by atoms with van der Waals surface area (Å²) in [4.78, 5) is 16.1. The van der Waals surface area contributed by atoms with Gasteiger partial charge in [-0.3, -0.25) is 14.7 Å². The second kappa shape index (κ2) is 4.94. The van der Waals surface area contributed by atoms with Crippen molar-refractivity contribution in [3.05, 3.63) is 29.8 Å². The third kappa shape index (κ3) is 2.57. The van der Waals surface area contributed by atoms with Gasteiger partial charge in [0.2, 0.25) is 0 Å². The minimum absolute atomic E-state index is 0.702. The van der Waals surface area contributed by atoms with Gasteiger partial charge in [0.15, 0.2) is 0 Å². The summed E-state index contributed by atoms with van der Waals surface area (Å²) in [7, 11) is 0. The largest absolute Gasteiger partial charge is 0.298 e. The van der Waals surface area contributed by atoms with Crippen molar-refractivity contribution in [3.8, 4) is 0 Å². The van der Waals surface area contributed by atoms with E-state index in [0.717, 1.165) is 38.0 Å². The van der Waals surface area contributed by atoms with Crippen LogP contribution in [0.4, 0.5) is 5.69 Å². The number of hydroxylamine groups is 1. The molecule has 80 valence electrons. The van der Waals surface area contributed by atoms with Crippen LogP contribution in [0.2, 0.25) is 0 Å². The Hall–Kier alpha value is -1.35. The topological polar surface area (TPSA) is 29.5 Å². The normalized spacial score (nSPS) is 17.2. The molecule has 0 amide bonds. The summed E-state index contributed by atoms with van der Waals surface area (Å²) in [6, 6.07) is 7.48. The van der Waals surface area contributed by atoms with Crippen LogP contribution in [0.3, 0.4) is 0 Å². The molecule has 3 heteroatoms. The first-order valence-electron chi connectivity index (χ1n) is 5.36. The standard InChI is InChI=1S/C12H15NO2/c14-10-11-4-6-12(7-5-11)13-8-2-1-3-9-15-13/h4-7,10H,1-3,8-9H2. The maximum atomic E-state index is 10.5. The zero-order valence-corrected chi connectivity index (χ0v) is 8.69. The van der Waals surface area contributed by atoms with E-state index >= 15 is 0 Å². The summed E-state index contributed by atoms with van der Waals surface area (Å²) in [5.41, 5.74) is 1.73. The van der Waals surface area contributed by atoms with Crippen LogP contribution in [0.15, 0.2) is 24.3 Å². The number of benzene rings is 1. The Morgan fingerprint density at radius 1 is 1.13 bits per heavy atom. The Morgan fingerprint density at radius 2 is 1.93 bits per heavy atom. The van der Waals surface area contributed by atoms with Crippen LogP contribution in [0.25, 0.3) is 0 Å². The van der Waals surface area contributed by atoms with Crippen LogP contribution in [0.5, 0.6) is 0 Å². The molecule has 0 N–H and O–H groups in total. The number of hydrogen-bond donors (Lipinski definition) is 0. The second-order valence-corrected chi connectivity index (χ2v) is 3.71. The first-order valence-corrected chi connectivity index (χ1v) is 5.36. The van der Waals surface area contributed by atoms with Gasteiger partial charge < -0.3 is 0 Å². The van der Waals surface area contributed by atoms with Gasteiger partial charge >= 0.3 is 0 Å². The third-order valence-electron chi connectivity index (χ3n) is 2.57. The predicted molar refractivity (Wildman–Crippen MR) is 59.0 cm³/mol. The molecule has 2 rings (SSSR count). The Bertz CT molecular complexity index is 313. The fourth-order valence-corrected chi connectivity index (χ4v) is 1.70. The number of carbonyl (C=O) groups is 1. The first kappa shape index (κ1) is 10.2. The van der Waals surface area contributed by atoms with Gasteiger partial charge in [-0.25, -0.2) is 0 Å². The lowest BCUT2D eigenvalue weighted by molar-refractivity contribution is 0.112. The molecule has 0 unspecified atom stereocenters. The first-order chi connectivity index (χ1) is 7.40. The lowest BCUT2D eigenvalue weighted by Crippen LogP contribution is -2.23. The number of hydrogen-bond acceptors (Lipinski definition) is 3. The zero-order valence-electron chi connectivity index (χ0n) is 8.69. The van der Waals surface area contributed by atoms with E-state index in [0.29, 0.717) is 5.56 Å². The fourth-order valence-electron chi connectivity index (χ4n) is 1.70. The summed E-state index contributed by atoms with van der Waals surface area (Å²) in [6.07, 6.45) is 4.37. The Labute approximate surface area is 89.6 Å². The molecule has 3 nitrogen and oxygen atoms in total. The fraction of sp³-hybridized carbons (Fsp3) is 0.417. The highest BCUT2D eigenvalue weighted by atomic mass is 16.7. The average molecular weight is 205 g/mol. The molecule has 1 aliphatic rings. The lowest BCUT2D eigenvalue weighted by atomic mass is 10.2. The molecule has 0 aromatic heterocycles. The van der Waals surface area contributed by atoms with Gasteiger partial charge in [-0.1, -0.05) is 0 Å². The molecule has 0 saturated carbocycles. The maximum absolute atomic E-state index is 10.5.